The summed E-state index contributed by atoms with van der Waals surface area (Å²) in [4.78, 5) is 0. The molecule has 1 heteroatoms. The minimum Gasteiger partial charge on any atom is -0.325 e. The Morgan fingerprint density at radius 2 is 1.14 bits per heavy atom. The average molecular weight is 277 g/mol. The molecular weight excluding hydrogens is 254 g/mol. The molecule has 0 aliphatic rings. The van der Waals surface area contributed by atoms with Crippen LogP contribution in [0.2, 0.25) is 0 Å². The number of hydrogen-bond donors (Lipinski definition) is 1. The molecule has 108 valence electrons. The van der Waals surface area contributed by atoms with Gasteiger partial charge in [-0.2, -0.15) is 0 Å². The van der Waals surface area contributed by atoms with Gasteiger partial charge in [0, 0.05) is 5.54 Å². The molecule has 0 unspecified atom stereocenters. The molecule has 0 heterocycles. The number of nitrogens with two attached hydrogens (primary N) is 1. The zero-order valence-corrected chi connectivity index (χ0v) is 12.6. The molecule has 21 heavy (non-hydrogen) atoms. The molecule has 0 atom stereocenters. The van der Waals surface area contributed by atoms with Crippen molar-refractivity contribution >= 4 is 12.2 Å². The highest BCUT2D eigenvalue weighted by molar-refractivity contribution is 5.50. The van der Waals surface area contributed by atoms with Gasteiger partial charge in [0.05, 0.1) is 0 Å². The van der Waals surface area contributed by atoms with Crippen LogP contribution in [0.1, 0.15) is 30.9 Å². The molecule has 1 nitrogen and oxygen atoms in total. The van der Waals surface area contributed by atoms with Gasteiger partial charge in [0.15, 0.2) is 0 Å². The Bertz CT molecular complexity index is 526. The molecule has 2 aromatic carbocycles. The Balaban J connectivity index is 1.84. The summed E-state index contributed by atoms with van der Waals surface area (Å²) >= 11 is 0. The highest BCUT2D eigenvalue weighted by Crippen LogP contribution is 2.15. The summed E-state index contributed by atoms with van der Waals surface area (Å²) in [6.45, 7) is 2.09. The van der Waals surface area contributed by atoms with Crippen LogP contribution in [0.5, 0.6) is 0 Å². The third kappa shape index (κ3) is 5.80. The third-order valence-corrected chi connectivity index (χ3v) is 3.39. The van der Waals surface area contributed by atoms with Crippen molar-refractivity contribution in [3.63, 3.8) is 0 Å². The van der Waals surface area contributed by atoms with Crippen molar-refractivity contribution in [1.29, 1.82) is 0 Å². The van der Waals surface area contributed by atoms with Crippen LogP contribution in [0.25, 0.3) is 12.2 Å². The maximum Gasteiger partial charge on any atom is 0.0195 e. The minimum absolute atomic E-state index is 0.212. The first kappa shape index (κ1) is 15.3. The van der Waals surface area contributed by atoms with Crippen LogP contribution >= 0.6 is 0 Å². The fourth-order valence-electron chi connectivity index (χ4n) is 2.14. The van der Waals surface area contributed by atoms with E-state index in [1.165, 1.54) is 11.1 Å². The lowest BCUT2D eigenvalue weighted by Crippen LogP contribution is -2.34. The Labute approximate surface area is 127 Å². The summed E-state index contributed by atoms with van der Waals surface area (Å²) in [5.74, 6) is 0. The largest absolute Gasteiger partial charge is 0.325 e. The van der Waals surface area contributed by atoms with E-state index in [1.807, 2.05) is 36.4 Å². The fourth-order valence-corrected chi connectivity index (χ4v) is 2.14. The Morgan fingerprint density at radius 1 is 0.762 bits per heavy atom. The zero-order chi connectivity index (χ0) is 15.0. The molecule has 0 amide bonds. The van der Waals surface area contributed by atoms with Gasteiger partial charge in [-0.15, -0.1) is 0 Å². The van der Waals surface area contributed by atoms with Crippen molar-refractivity contribution < 1.29 is 0 Å². The first-order valence-electron chi connectivity index (χ1n) is 7.38. The van der Waals surface area contributed by atoms with Crippen LogP contribution in [0.3, 0.4) is 0 Å². The van der Waals surface area contributed by atoms with Crippen molar-refractivity contribution in [2.75, 3.05) is 0 Å². The summed E-state index contributed by atoms with van der Waals surface area (Å²) in [6, 6.07) is 20.6. The van der Waals surface area contributed by atoms with E-state index in [1.54, 1.807) is 0 Å². The Kier molecular flexibility index (Phi) is 5.53. The smallest absolute Gasteiger partial charge is 0.0195 e. The maximum atomic E-state index is 6.34. The molecule has 0 radical (unpaired) electrons. The first-order valence-corrected chi connectivity index (χ1v) is 7.38. The summed E-state index contributed by atoms with van der Waals surface area (Å²) < 4.78 is 0. The summed E-state index contributed by atoms with van der Waals surface area (Å²) in [7, 11) is 0. The predicted molar refractivity (Wildman–Crippen MR) is 92.8 cm³/mol. The van der Waals surface area contributed by atoms with Gasteiger partial charge < -0.3 is 5.73 Å². The lowest BCUT2D eigenvalue weighted by Gasteiger charge is -2.20. The molecule has 0 aromatic heterocycles. The molecule has 0 saturated heterocycles. The van der Waals surface area contributed by atoms with Gasteiger partial charge in [0.1, 0.15) is 0 Å². The molecule has 2 N–H and O–H groups in total. The standard InChI is InChI=1S/C20H23N/c1-20(21,16-8-14-18-10-4-2-5-11-18)17-9-15-19-12-6-3-7-13-19/h2-15H,16-17,21H2,1H3/b14-8+,15-9+. The van der Waals surface area contributed by atoms with E-state index in [4.69, 9.17) is 5.73 Å². The van der Waals surface area contributed by atoms with Crippen LogP contribution < -0.4 is 5.73 Å². The second kappa shape index (κ2) is 7.61. The van der Waals surface area contributed by atoms with Gasteiger partial charge in [-0.1, -0.05) is 85.0 Å². The van der Waals surface area contributed by atoms with Gasteiger partial charge in [-0.25, -0.2) is 0 Å². The second-order valence-electron chi connectivity index (χ2n) is 5.69. The third-order valence-electron chi connectivity index (χ3n) is 3.39. The van der Waals surface area contributed by atoms with E-state index in [2.05, 4.69) is 55.5 Å². The van der Waals surface area contributed by atoms with Crippen LogP contribution in [-0.2, 0) is 0 Å². The fraction of sp³-hybridized carbons (Fsp3) is 0.200. The number of rotatable bonds is 6. The van der Waals surface area contributed by atoms with Gasteiger partial charge in [-0.05, 0) is 30.9 Å². The van der Waals surface area contributed by atoms with Crippen LogP contribution in [0, 0.1) is 0 Å². The highest BCUT2D eigenvalue weighted by atomic mass is 14.7. The van der Waals surface area contributed by atoms with Gasteiger partial charge >= 0.3 is 0 Å². The second-order valence-corrected chi connectivity index (χ2v) is 5.69. The quantitative estimate of drug-likeness (QED) is 0.797. The minimum atomic E-state index is -0.212. The van der Waals surface area contributed by atoms with E-state index >= 15 is 0 Å². The Morgan fingerprint density at radius 3 is 1.52 bits per heavy atom. The summed E-state index contributed by atoms with van der Waals surface area (Å²) in [5.41, 5.74) is 8.56. The molecule has 0 spiro atoms. The van der Waals surface area contributed by atoms with Gasteiger partial charge in [0.25, 0.3) is 0 Å². The van der Waals surface area contributed by atoms with Crippen LogP contribution in [0.4, 0.5) is 0 Å². The monoisotopic (exact) mass is 277 g/mol. The topological polar surface area (TPSA) is 26.0 Å². The molecule has 2 aromatic rings. The molecule has 0 fully saturated rings. The maximum absolute atomic E-state index is 6.34. The molecular formula is C20H23N. The summed E-state index contributed by atoms with van der Waals surface area (Å²) in [6.07, 6.45) is 10.3. The predicted octanol–water partition coefficient (Wildman–Crippen LogP) is 4.91. The van der Waals surface area contributed by atoms with Crippen molar-refractivity contribution in [2.24, 2.45) is 5.73 Å². The normalized spacial score (nSPS) is 12.3. The van der Waals surface area contributed by atoms with Crippen LogP contribution in [-0.4, -0.2) is 5.54 Å². The van der Waals surface area contributed by atoms with E-state index in [-0.39, 0.29) is 5.54 Å². The van der Waals surface area contributed by atoms with E-state index in [0.717, 1.165) is 12.8 Å². The molecule has 0 saturated carbocycles. The lowest BCUT2D eigenvalue weighted by atomic mass is 9.94. The SMILES string of the molecule is CC(N)(C/C=C/c1ccccc1)C/C=C/c1ccccc1. The van der Waals surface area contributed by atoms with E-state index in [0.29, 0.717) is 0 Å². The zero-order valence-electron chi connectivity index (χ0n) is 12.6. The molecule has 0 aliphatic carbocycles. The number of hydrogen-bond acceptors (Lipinski definition) is 1. The van der Waals surface area contributed by atoms with Gasteiger partial charge in [-0.3, -0.25) is 0 Å². The van der Waals surface area contributed by atoms with Crippen molar-refractivity contribution in [1.82, 2.24) is 0 Å². The number of benzene rings is 2. The van der Waals surface area contributed by atoms with Gasteiger partial charge in [0.2, 0.25) is 0 Å². The highest BCUT2D eigenvalue weighted by Gasteiger charge is 2.13. The summed E-state index contributed by atoms with van der Waals surface area (Å²) in [5, 5.41) is 0. The van der Waals surface area contributed by atoms with Crippen molar-refractivity contribution in [2.45, 2.75) is 25.3 Å². The average Bonchev–Trinajstić information content (AvgIpc) is 2.49. The molecule has 2 rings (SSSR count). The van der Waals surface area contributed by atoms with E-state index < -0.39 is 0 Å². The van der Waals surface area contributed by atoms with E-state index in [9.17, 15) is 0 Å². The van der Waals surface area contributed by atoms with Crippen molar-refractivity contribution in [3.8, 4) is 0 Å². The van der Waals surface area contributed by atoms with Crippen molar-refractivity contribution in [3.05, 3.63) is 83.9 Å². The Hall–Kier alpha value is -2.12. The lowest BCUT2D eigenvalue weighted by molar-refractivity contribution is 0.483. The first-order chi connectivity index (χ1) is 10.2. The van der Waals surface area contributed by atoms with Crippen LogP contribution in [0.15, 0.2) is 72.8 Å². The molecule has 0 aliphatic heterocycles. The molecule has 0 bridgehead atoms.